The monoisotopic (exact) mass is 890 g/mol. The lowest BCUT2D eigenvalue weighted by molar-refractivity contribution is 0.590. The lowest BCUT2D eigenvalue weighted by Gasteiger charge is -2.45. The second kappa shape index (κ2) is 14.7. The topological polar surface area (TPSA) is 19.6 Å². The zero-order chi connectivity index (χ0) is 47.1. The summed E-state index contributed by atoms with van der Waals surface area (Å²) in [5, 5.41) is 2.29. The summed E-state index contributed by atoms with van der Waals surface area (Å²) in [5.41, 5.74) is 25.5. The molecular formula is C65H55BN2O. The smallest absolute Gasteiger partial charge is 0.252 e. The third-order valence-electron chi connectivity index (χ3n) is 15.6. The number of rotatable bonds is 4. The van der Waals surface area contributed by atoms with E-state index in [9.17, 15) is 0 Å². The molecule has 10 aromatic rings. The van der Waals surface area contributed by atoms with E-state index in [1.54, 1.807) is 0 Å². The quantitative estimate of drug-likeness (QED) is 0.164. The highest BCUT2D eigenvalue weighted by Crippen LogP contribution is 2.52. The molecule has 1 aliphatic carbocycles. The molecule has 3 nitrogen and oxygen atoms in total. The van der Waals surface area contributed by atoms with Gasteiger partial charge in [-0.2, -0.15) is 0 Å². The first kappa shape index (κ1) is 41.6. The highest BCUT2D eigenvalue weighted by Gasteiger charge is 2.45. The summed E-state index contributed by atoms with van der Waals surface area (Å²) in [6.07, 6.45) is 0. The summed E-state index contributed by atoms with van der Waals surface area (Å²) in [6, 6.07) is 70.8. The van der Waals surface area contributed by atoms with E-state index in [2.05, 4.69) is 247 Å². The first-order chi connectivity index (χ1) is 33.2. The largest absolute Gasteiger partial charge is 0.456 e. The Hall–Kier alpha value is -7.56. The van der Waals surface area contributed by atoms with E-state index in [4.69, 9.17) is 4.42 Å². The van der Waals surface area contributed by atoms with Gasteiger partial charge in [0.25, 0.3) is 6.71 Å². The van der Waals surface area contributed by atoms with Crippen LogP contribution in [0, 0.1) is 0 Å². The molecule has 1 aromatic heterocycles. The van der Waals surface area contributed by atoms with Gasteiger partial charge in [0, 0.05) is 50.3 Å². The van der Waals surface area contributed by atoms with Crippen LogP contribution in [0.3, 0.4) is 0 Å². The van der Waals surface area contributed by atoms with Gasteiger partial charge in [-0.1, -0.05) is 183 Å². The molecule has 0 bridgehead atoms. The summed E-state index contributed by atoms with van der Waals surface area (Å²) in [4.78, 5) is 5.18. The Bertz CT molecular complexity index is 3730. The Balaban J connectivity index is 1.08. The maximum Gasteiger partial charge on any atom is 0.252 e. The second-order valence-electron chi connectivity index (χ2n) is 22.2. The highest BCUT2D eigenvalue weighted by atomic mass is 16.3. The van der Waals surface area contributed by atoms with Crippen molar-refractivity contribution in [1.82, 2.24) is 0 Å². The number of furan rings is 1. The van der Waals surface area contributed by atoms with E-state index in [1.807, 2.05) is 6.07 Å². The van der Waals surface area contributed by atoms with Gasteiger partial charge in [0.1, 0.15) is 11.2 Å². The molecule has 13 rings (SSSR count). The normalized spacial score (nSPS) is 14.4. The van der Waals surface area contributed by atoms with Gasteiger partial charge < -0.3 is 14.2 Å². The lowest BCUT2D eigenvalue weighted by Crippen LogP contribution is -2.61. The van der Waals surface area contributed by atoms with Crippen LogP contribution < -0.4 is 26.2 Å². The van der Waals surface area contributed by atoms with Crippen molar-refractivity contribution in [2.24, 2.45) is 0 Å². The third kappa shape index (κ3) is 6.27. The molecule has 334 valence electrons. The minimum absolute atomic E-state index is 0.0134. The molecule has 3 heterocycles. The molecule has 69 heavy (non-hydrogen) atoms. The van der Waals surface area contributed by atoms with Gasteiger partial charge in [-0.3, -0.25) is 0 Å². The average molecular weight is 891 g/mol. The van der Waals surface area contributed by atoms with Gasteiger partial charge >= 0.3 is 0 Å². The number of hydrogen-bond donors (Lipinski definition) is 0. The van der Waals surface area contributed by atoms with Gasteiger partial charge in [-0.05, 0) is 144 Å². The maximum atomic E-state index is 6.36. The minimum atomic E-state index is -0.143. The van der Waals surface area contributed by atoms with Gasteiger partial charge in [-0.25, -0.2) is 0 Å². The molecule has 0 unspecified atom stereocenters. The Morgan fingerprint density at radius 1 is 0.420 bits per heavy atom. The first-order valence-electron chi connectivity index (χ1n) is 24.6. The van der Waals surface area contributed by atoms with Crippen LogP contribution in [0.5, 0.6) is 0 Å². The fourth-order valence-electron chi connectivity index (χ4n) is 11.9. The van der Waals surface area contributed by atoms with E-state index in [0.29, 0.717) is 0 Å². The zero-order valence-corrected chi connectivity index (χ0v) is 40.8. The molecule has 0 amide bonds. The molecule has 0 spiro atoms. The van der Waals surface area contributed by atoms with Gasteiger partial charge in [0.2, 0.25) is 0 Å². The van der Waals surface area contributed by atoms with E-state index in [1.165, 1.54) is 94.9 Å². The van der Waals surface area contributed by atoms with E-state index in [-0.39, 0.29) is 23.0 Å². The van der Waals surface area contributed by atoms with Crippen LogP contribution >= 0.6 is 0 Å². The van der Waals surface area contributed by atoms with Gasteiger partial charge in [0.15, 0.2) is 0 Å². The van der Waals surface area contributed by atoms with E-state index >= 15 is 0 Å². The van der Waals surface area contributed by atoms with E-state index in [0.717, 1.165) is 33.2 Å². The van der Waals surface area contributed by atoms with Crippen molar-refractivity contribution in [2.45, 2.75) is 71.6 Å². The van der Waals surface area contributed by atoms with Crippen LogP contribution in [-0.4, -0.2) is 6.71 Å². The summed E-state index contributed by atoms with van der Waals surface area (Å²) in [6.45, 7) is 18.8. The Labute approximate surface area is 406 Å². The summed E-state index contributed by atoms with van der Waals surface area (Å²) >= 11 is 0. The third-order valence-corrected chi connectivity index (χ3v) is 15.6. The number of anilines is 6. The van der Waals surface area contributed by atoms with Crippen molar-refractivity contribution in [3.8, 4) is 33.4 Å². The van der Waals surface area contributed by atoms with Crippen molar-refractivity contribution >= 4 is 79.2 Å². The average Bonchev–Trinajstić information content (AvgIpc) is 3.85. The second-order valence-corrected chi connectivity index (χ2v) is 22.2. The summed E-state index contributed by atoms with van der Waals surface area (Å²) in [5.74, 6) is 0. The van der Waals surface area contributed by atoms with E-state index < -0.39 is 0 Å². The Kier molecular flexibility index (Phi) is 8.88. The Morgan fingerprint density at radius 2 is 1.04 bits per heavy atom. The fraction of sp³-hybridized carbons (Fsp3) is 0.169. The van der Waals surface area contributed by atoms with Crippen molar-refractivity contribution in [3.05, 3.63) is 210 Å². The maximum absolute atomic E-state index is 6.36. The molecule has 0 saturated heterocycles. The van der Waals surface area contributed by atoms with Gasteiger partial charge in [0.05, 0.1) is 0 Å². The molecule has 4 heteroatoms. The standard InChI is InChI=1S/C65H55BN2O/c1-63(2,3)43-28-33-53-56(36-43)67(45-29-25-41(26-30-45)47-21-16-24-60-61(47)50-20-13-15-23-59(50)69-60)57-37-44(64(4,5)6)38-58-62(57)66(53)54-35-42(40-17-10-9-11-18-40)27-34-55(54)68(58)46-31-32-49-48-19-12-14-22-51(48)65(7,8)52(49)39-46/h9-39H,1-8H3. The number of benzene rings is 9. The number of para-hydroxylation sites is 1. The highest BCUT2D eigenvalue weighted by molar-refractivity contribution is 7.00. The Morgan fingerprint density at radius 3 is 1.81 bits per heavy atom. The molecule has 0 N–H and O–H groups in total. The van der Waals surface area contributed by atoms with Crippen LogP contribution in [-0.2, 0) is 16.2 Å². The number of nitrogens with zero attached hydrogens (tertiary/aromatic N) is 2. The van der Waals surface area contributed by atoms with Crippen LogP contribution in [0.4, 0.5) is 34.1 Å². The van der Waals surface area contributed by atoms with Crippen LogP contribution in [0.15, 0.2) is 192 Å². The lowest BCUT2D eigenvalue weighted by atomic mass is 9.33. The zero-order valence-electron chi connectivity index (χ0n) is 40.8. The van der Waals surface area contributed by atoms with Crippen LogP contribution in [0.1, 0.15) is 77.6 Å². The van der Waals surface area contributed by atoms with Crippen LogP contribution in [0.25, 0.3) is 55.3 Å². The molecule has 0 atom stereocenters. The summed E-state index contributed by atoms with van der Waals surface area (Å²) < 4.78 is 6.36. The van der Waals surface area contributed by atoms with Crippen LogP contribution in [0.2, 0.25) is 0 Å². The fourth-order valence-corrected chi connectivity index (χ4v) is 11.9. The molecular weight excluding hydrogens is 836 g/mol. The molecule has 2 aliphatic heterocycles. The molecule has 3 aliphatic rings. The van der Waals surface area contributed by atoms with Crippen molar-refractivity contribution in [3.63, 3.8) is 0 Å². The van der Waals surface area contributed by atoms with Gasteiger partial charge in [-0.15, -0.1) is 0 Å². The number of fused-ring (bicyclic) bond motifs is 10. The van der Waals surface area contributed by atoms with Crippen molar-refractivity contribution < 1.29 is 4.42 Å². The molecule has 0 radical (unpaired) electrons. The minimum Gasteiger partial charge on any atom is -0.456 e. The molecule has 0 saturated carbocycles. The predicted octanol–water partition coefficient (Wildman–Crippen LogP) is 15.9. The molecule has 9 aromatic carbocycles. The number of hydrogen-bond acceptors (Lipinski definition) is 3. The SMILES string of the molecule is CC(C)(C)c1ccc2c(c1)N(c1ccc(-c3cccc4oc5ccccc5c34)cc1)c1cc(C(C)(C)C)cc3c1B2c1cc(-c2ccccc2)ccc1N3c1ccc2c(c1)C(C)(C)c1ccccc1-2. The van der Waals surface area contributed by atoms with Crippen molar-refractivity contribution in [2.75, 3.05) is 9.80 Å². The predicted molar refractivity (Wildman–Crippen MR) is 294 cm³/mol. The molecule has 0 fully saturated rings. The summed E-state index contributed by atoms with van der Waals surface area (Å²) in [7, 11) is 0. The first-order valence-corrected chi connectivity index (χ1v) is 24.6. The van der Waals surface area contributed by atoms with Crippen molar-refractivity contribution in [1.29, 1.82) is 0 Å².